The van der Waals surface area contributed by atoms with Gasteiger partial charge in [0.25, 0.3) is 0 Å². The molecule has 1 aromatic heterocycles. The van der Waals surface area contributed by atoms with Crippen molar-refractivity contribution in [2.24, 2.45) is 5.92 Å². The quantitative estimate of drug-likeness (QED) is 0.769. The van der Waals surface area contributed by atoms with Crippen LogP contribution in [0.5, 0.6) is 5.75 Å². The molecule has 2 atom stereocenters. The van der Waals surface area contributed by atoms with Crippen LogP contribution in [0.2, 0.25) is 0 Å². The fourth-order valence-corrected chi connectivity index (χ4v) is 3.52. The predicted molar refractivity (Wildman–Crippen MR) is 104 cm³/mol. The van der Waals surface area contributed by atoms with Crippen LogP contribution in [0, 0.1) is 5.92 Å². The molecular weight excluding hydrogens is 326 g/mol. The van der Waals surface area contributed by atoms with Crippen LogP contribution < -0.4 is 15.5 Å². The topological polar surface area (TPSA) is 51.5 Å². The summed E-state index contributed by atoms with van der Waals surface area (Å²) >= 11 is 0. The maximum atomic E-state index is 13.0. The number of hydrogen-bond acceptors (Lipinski definition) is 4. The third kappa shape index (κ3) is 3.37. The summed E-state index contributed by atoms with van der Waals surface area (Å²) < 4.78 is 11.9. The van der Waals surface area contributed by atoms with Crippen LogP contribution in [-0.4, -0.2) is 19.2 Å². The fraction of sp³-hybridized carbons (Fsp3) is 0.318. The molecule has 1 N–H and O–H groups in total. The molecule has 26 heavy (non-hydrogen) atoms. The molecule has 4 nitrogen and oxygen atoms in total. The Balaban J connectivity index is 1.70. The van der Waals surface area contributed by atoms with Crippen molar-refractivity contribution < 1.29 is 9.15 Å². The minimum Gasteiger partial charge on any atom is -0.490 e. The second-order valence-electron chi connectivity index (χ2n) is 6.98. The van der Waals surface area contributed by atoms with Gasteiger partial charge in [-0.15, -0.1) is 0 Å². The molecule has 1 saturated heterocycles. The normalized spacial score (nSPS) is 20.7. The Bertz CT molecular complexity index is 949. The average molecular weight is 349 g/mol. The number of fused-ring (bicyclic) bond motifs is 1. The van der Waals surface area contributed by atoms with E-state index in [-0.39, 0.29) is 11.5 Å². The van der Waals surface area contributed by atoms with Crippen LogP contribution in [0.15, 0.2) is 64.0 Å². The summed E-state index contributed by atoms with van der Waals surface area (Å²) in [4.78, 5) is 13.0. The minimum absolute atomic E-state index is 0.0292. The monoisotopic (exact) mass is 349 g/mol. The van der Waals surface area contributed by atoms with Crippen LogP contribution in [0.1, 0.15) is 19.8 Å². The van der Waals surface area contributed by atoms with E-state index < -0.39 is 0 Å². The van der Waals surface area contributed by atoms with Gasteiger partial charge in [0.05, 0.1) is 10.9 Å². The minimum atomic E-state index is -0.0292. The first-order chi connectivity index (χ1) is 12.7. The zero-order valence-electron chi connectivity index (χ0n) is 14.9. The molecule has 0 saturated carbocycles. The molecule has 2 heterocycles. The molecule has 0 bridgehead atoms. The molecule has 1 aliphatic rings. The second kappa shape index (κ2) is 7.34. The molecule has 0 spiro atoms. The van der Waals surface area contributed by atoms with Gasteiger partial charge in [0.15, 0.2) is 0 Å². The standard InChI is InChI=1S/C22H23NO3/c1-15-13-23-11-5-8-20(15)26-17-9-10-21-18(12-17)22(24)19(14-25-21)16-6-3-2-4-7-16/h2-4,6-7,9-10,12,14-15,20,23H,5,8,11,13H2,1H3. The van der Waals surface area contributed by atoms with E-state index in [9.17, 15) is 4.79 Å². The highest BCUT2D eigenvalue weighted by atomic mass is 16.5. The molecule has 0 amide bonds. The number of ether oxygens (including phenoxy) is 1. The van der Waals surface area contributed by atoms with Crippen molar-refractivity contribution in [3.63, 3.8) is 0 Å². The van der Waals surface area contributed by atoms with Crippen LogP contribution in [-0.2, 0) is 0 Å². The highest BCUT2D eigenvalue weighted by Gasteiger charge is 2.21. The summed E-state index contributed by atoms with van der Waals surface area (Å²) in [5.41, 5.74) is 1.98. The summed E-state index contributed by atoms with van der Waals surface area (Å²) in [6.45, 7) is 4.19. The first-order valence-electron chi connectivity index (χ1n) is 9.21. The SMILES string of the molecule is CC1CNCCCC1Oc1ccc2occ(-c3ccccc3)c(=O)c2c1. The second-order valence-corrected chi connectivity index (χ2v) is 6.98. The predicted octanol–water partition coefficient (Wildman–Crippen LogP) is 4.23. The van der Waals surface area contributed by atoms with E-state index in [1.54, 1.807) is 6.26 Å². The van der Waals surface area contributed by atoms with Gasteiger partial charge in [0, 0.05) is 12.5 Å². The van der Waals surface area contributed by atoms with Gasteiger partial charge in [0.1, 0.15) is 23.7 Å². The first-order valence-corrected chi connectivity index (χ1v) is 9.21. The van der Waals surface area contributed by atoms with Gasteiger partial charge in [-0.25, -0.2) is 0 Å². The van der Waals surface area contributed by atoms with Crippen LogP contribution in [0.25, 0.3) is 22.1 Å². The summed E-state index contributed by atoms with van der Waals surface area (Å²) in [6, 6.07) is 15.1. The lowest BCUT2D eigenvalue weighted by atomic mass is 10.0. The molecule has 1 fully saturated rings. The Morgan fingerprint density at radius 3 is 2.85 bits per heavy atom. The molecule has 4 heteroatoms. The van der Waals surface area contributed by atoms with Crippen molar-refractivity contribution in [1.29, 1.82) is 0 Å². The van der Waals surface area contributed by atoms with Crippen molar-refractivity contribution in [1.82, 2.24) is 5.32 Å². The van der Waals surface area contributed by atoms with Gasteiger partial charge >= 0.3 is 0 Å². The van der Waals surface area contributed by atoms with Crippen LogP contribution >= 0.6 is 0 Å². The first kappa shape index (κ1) is 16.9. The third-order valence-corrected chi connectivity index (χ3v) is 5.06. The number of rotatable bonds is 3. The van der Waals surface area contributed by atoms with E-state index in [0.717, 1.165) is 37.2 Å². The van der Waals surface area contributed by atoms with E-state index in [0.29, 0.717) is 22.5 Å². The maximum absolute atomic E-state index is 13.0. The lowest BCUT2D eigenvalue weighted by Crippen LogP contribution is -2.29. The summed E-state index contributed by atoms with van der Waals surface area (Å²) in [7, 11) is 0. The average Bonchev–Trinajstić information content (AvgIpc) is 2.88. The van der Waals surface area contributed by atoms with Crippen LogP contribution in [0.4, 0.5) is 0 Å². The third-order valence-electron chi connectivity index (χ3n) is 5.06. The number of hydrogen-bond donors (Lipinski definition) is 1. The molecule has 0 radical (unpaired) electrons. The maximum Gasteiger partial charge on any atom is 0.200 e. The molecule has 2 unspecified atom stereocenters. The lowest BCUT2D eigenvalue weighted by molar-refractivity contribution is 0.141. The molecule has 1 aliphatic heterocycles. The Kier molecular flexibility index (Phi) is 4.76. The highest BCUT2D eigenvalue weighted by molar-refractivity contribution is 5.82. The van der Waals surface area contributed by atoms with E-state index in [1.807, 2.05) is 48.5 Å². The van der Waals surface area contributed by atoms with Gasteiger partial charge in [-0.3, -0.25) is 4.79 Å². The molecular formula is C22H23NO3. The van der Waals surface area contributed by atoms with Crippen molar-refractivity contribution in [2.75, 3.05) is 13.1 Å². The summed E-state index contributed by atoms with van der Waals surface area (Å²) in [5, 5.41) is 3.99. The zero-order chi connectivity index (χ0) is 17.9. The van der Waals surface area contributed by atoms with Gasteiger partial charge in [-0.05, 0) is 43.1 Å². The van der Waals surface area contributed by atoms with Crippen molar-refractivity contribution >= 4 is 11.0 Å². The summed E-state index contributed by atoms with van der Waals surface area (Å²) in [5.74, 6) is 1.16. The van der Waals surface area contributed by atoms with Crippen LogP contribution in [0.3, 0.4) is 0 Å². The highest BCUT2D eigenvalue weighted by Crippen LogP contribution is 2.25. The van der Waals surface area contributed by atoms with E-state index >= 15 is 0 Å². The van der Waals surface area contributed by atoms with E-state index in [2.05, 4.69) is 12.2 Å². The molecule has 134 valence electrons. The number of benzene rings is 2. The Morgan fingerprint density at radius 2 is 2.00 bits per heavy atom. The lowest BCUT2D eigenvalue weighted by Gasteiger charge is -2.22. The Hall–Kier alpha value is -2.59. The van der Waals surface area contributed by atoms with Crippen molar-refractivity contribution in [3.8, 4) is 16.9 Å². The van der Waals surface area contributed by atoms with Gasteiger partial charge < -0.3 is 14.5 Å². The molecule has 0 aliphatic carbocycles. The molecule has 4 rings (SSSR count). The van der Waals surface area contributed by atoms with Gasteiger partial charge in [-0.1, -0.05) is 37.3 Å². The zero-order valence-corrected chi connectivity index (χ0v) is 14.9. The van der Waals surface area contributed by atoms with Gasteiger partial charge in [0.2, 0.25) is 5.43 Å². The van der Waals surface area contributed by atoms with Crippen molar-refractivity contribution in [3.05, 3.63) is 65.0 Å². The Labute approximate surface area is 152 Å². The Morgan fingerprint density at radius 1 is 1.15 bits per heavy atom. The summed E-state index contributed by atoms with van der Waals surface area (Å²) in [6.07, 6.45) is 3.82. The smallest absolute Gasteiger partial charge is 0.200 e. The van der Waals surface area contributed by atoms with Crippen molar-refractivity contribution in [2.45, 2.75) is 25.9 Å². The molecule has 3 aromatic rings. The largest absolute Gasteiger partial charge is 0.490 e. The fourth-order valence-electron chi connectivity index (χ4n) is 3.52. The van der Waals surface area contributed by atoms with E-state index in [1.165, 1.54) is 0 Å². The molecule has 2 aromatic carbocycles. The van der Waals surface area contributed by atoms with E-state index in [4.69, 9.17) is 9.15 Å². The van der Waals surface area contributed by atoms with Gasteiger partial charge in [-0.2, -0.15) is 0 Å². The number of nitrogens with one attached hydrogen (secondary N) is 1.